The van der Waals surface area contributed by atoms with Gasteiger partial charge in [-0.05, 0) is 91.3 Å². The van der Waals surface area contributed by atoms with Crippen LogP contribution >= 0.6 is 0 Å². The normalized spacial score (nSPS) is 54.8. The second-order valence-corrected chi connectivity index (χ2v) is 23.9. The lowest BCUT2D eigenvalue weighted by Gasteiger charge is -2.71. The number of hydrogen-bond acceptors (Lipinski definition) is 19. The number of fused-ring (bicyclic) bond motifs is 8. The van der Waals surface area contributed by atoms with E-state index < -0.39 is 133 Å². The fraction of sp³-hybridized carbons (Fsp3) is 0.918. The van der Waals surface area contributed by atoms with Gasteiger partial charge in [-0.3, -0.25) is 4.79 Å². The minimum absolute atomic E-state index is 0.0732. The third-order valence-corrected chi connectivity index (χ3v) is 19.7. The fourth-order valence-electron chi connectivity index (χ4n) is 15.8. The molecule has 0 radical (unpaired) electrons. The number of methoxy groups -OCH3 is 1. The molecule has 386 valence electrons. The molecule has 9 rings (SSSR count). The van der Waals surface area contributed by atoms with E-state index in [2.05, 4.69) is 54.5 Å². The summed E-state index contributed by atoms with van der Waals surface area (Å²) >= 11 is 0. The van der Waals surface area contributed by atoms with Crippen molar-refractivity contribution in [3.05, 3.63) is 11.6 Å². The highest BCUT2D eigenvalue weighted by Gasteiger charge is 2.77. The second kappa shape index (κ2) is 17.4. The van der Waals surface area contributed by atoms with Crippen molar-refractivity contribution in [1.29, 1.82) is 0 Å². The minimum atomic E-state index is -1.92. The van der Waals surface area contributed by atoms with E-state index in [1.807, 2.05) is 0 Å². The van der Waals surface area contributed by atoms with E-state index >= 15 is 0 Å². The van der Waals surface area contributed by atoms with Gasteiger partial charge in [0.1, 0.15) is 72.6 Å². The lowest BCUT2D eigenvalue weighted by molar-refractivity contribution is -0.395. The number of carbonyl (C=O) groups excluding carboxylic acids is 2. The van der Waals surface area contributed by atoms with Gasteiger partial charge in [-0.25, -0.2) is 4.79 Å². The average Bonchev–Trinajstić information content (AvgIpc) is 3.60. The number of rotatable bonds is 8. The zero-order valence-corrected chi connectivity index (χ0v) is 40.7. The monoisotopic (exact) mass is 968 g/mol. The molecule has 4 saturated carbocycles. The number of hydrogen-bond donors (Lipinski definition) is 9. The van der Waals surface area contributed by atoms with Crippen LogP contribution in [0, 0.1) is 50.2 Å². The van der Waals surface area contributed by atoms with Crippen molar-refractivity contribution in [3.63, 3.8) is 0 Å². The van der Waals surface area contributed by atoms with Crippen molar-refractivity contribution >= 4 is 11.9 Å². The first kappa shape index (κ1) is 51.0. The molecule has 8 fully saturated rings. The standard InChI is InChI=1S/C49H76O19/c1-20-29(52)31(54)35(58)40(62-20)67-37-32(55)30(53)23(19-50)63-41(37)68-38-34(57)33(56)36(39(59)61-9)66-42(38)64-27-13-14-46(6)24(45(27,4)5)12-15-47(7)25(46)11-10-21-22-16-44(2,3)17-26(51)49(22)18-28(48(21,47)8)65-43(49)60/h10,20,22-38,40-42,50-58H,11-19H2,1-9H3. The first-order chi connectivity index (χ1) is 31.7. The van der Waals surface area contributed by atoms with E-state index in [0.717, 1.165) is 32.8 Å². The van der Waals surface area contributed by atoms with Crippen LogP contribution in [0.15, 0.2) is 11.6 Å². The Bertz CT molecular complexity index is 1960. The van der Waals surface area contributed by atoms with Crippen molar-refractivity contribution in [2.24, 2.45) is 50.2 Å². The highest BCUT2D eigenvalue weighted by Crippen LogP contribution is 2.77. The molecule has 0 aromatic rings. The van der Waals surface area contributed by atoms with Crippen molar-refractivity contribution in [2.75, 3.05) is 13.7 Å². The molecule has 25 unspecified atom stereocenters. The van der Waals surface area contributed by atoms with Gasteiger partial charge >= 0.3 is 11.9 Å². The Kier molecular flexibility index (Phi) is 13.0. The van der Waals surface area contributed by atoms with Crippen LogP contribution in [0.3, 0.4) is 0 Å². The molecule has 19 heteroatoms. The summed E-state index contributed by atoms with van der Waals surface area (Å²) in [5, 5.41) is 98.9. The third-order valence-electron chi connectivity index (χ3n) is 19.7. The van der Waals surface area contributed by atoms with Crippen LogP contribution in [0.2, 0.25) is 0 Å². The van der Waals surface area contributed by atoms with E-state index in [0.29, 0.717) is 25.7 Å². The van der Waals surface area contributed by atoms with Crippen LogP contribution in [0.1, 0.15) is 107 Å². The minimum Gasteiger partial charge on any atom is -0.467 e. The van der Waals surface area contributed by atoms with Gasteiger partial charge in [-0.1, -0.05) is 60.1 Å². The molecule has 9 N–H and O–H groups in total. The van der Waals surface area contributed by atoms with E-state index in [4.69, 9.17) is 37.9 Å². The number of esters is 2. The Morgan fingerprint density at radius 3 is 2.03 bits per heavy atom. The summed E-state index contributed by atoms with van der Waals surface area (Å²) in [7, 11) is 1.10. The Morgan fingerprint density at radius 2 is 1.37 bits per heavy atom. The summed E-state index contributed by atoms with van der Waals surface area (Å²) in [6.07, 6.45) is -19.1. The Hall–Kier alpha value is -1.92. The Morgan fingerprint density at radius 1 is 0.721 bits per heavy atom. The zero-order valence-electron chi connectivity index (χ0n) is 40.7. The molecule has 4 heterocycles. The summed E-state index contributed by atoms with van der Waals surface area (Å²) < 4.78 is 48.2. The van der Waals surface area contributed by atoms with E-state index in [-0.39, 0.29) is 46.1 Å². The molecule has 1 spiro atoms. The van der Waals surface area contributed by atoms with Crippen LogP contribution < -0.4 is 0 Å². The molecule has 68 heavy (non-hydrogen) atoms. The maximum absolute atomic E-state index is 14.0. The number of ether oxygens (including phenoxy) is 8. The maximum Gasteiger partial charge on any atom is 0.337 e. The van der Waals surface area contributed by atoms with Crippen LogP contribution in [0.5, 0.6) is 0 Å². The zero-order chi connectivity index (χ0) is 49.6. The van der Waals surface area contributed by atoms with Crippen LogP contribution in [-0.4, -0.2) is 182 Å². The lowest BCUT2D eigenvalue weighted by atomic mass is 9.33. The van der Waals surface area contributed by atoms with Gasteiger partial charge in [0.2, 0.25) is 0 Å². The number of aliphatic hydroxyl groups is 9. The molecule has 0 aromatic carbocycles. The number of allylic oxidation sites excluding steroid dienone is 1. The maximum atomic E-state index is 14.0. The predicted octanol–water partition coefficient (Wildman–Crippen LogP) is 0.336. The first-order valence-electron chi connectivity index (χ1n) is 24.7. The molecule has 0 amide bonds. The summed E-state index contributed by atoms with van der Waals surface area (Å²) in [6.45, 7) is 16.3. The van der Waals surface area contributed by atoms with Gasteiger partial charge in [0.25, 0.3) is 0 Å². The molecule has 9 aliphatic rings. The van der Waals surface area contributed by atoms with Crippen molar-refractivity contribution < 1.29 is 93.4 Å². The molecule has 4 saturated heterocycles. The Balaban J connectivity index is 1.000. The second-order valence-electron chi connectivity index (χ2n) is 23.9. The smallest absolute Gasteiger partial charge is 0.337 e. The van der Waals surface area contributed by atoms with Crippen molar-refractivity contribution in [1.82, 2.24) is 0 Å². The molecule has 0 aromatic heterocycles. The van der Waals surface area contributed by atoms with Crippen molar-refractivity contribution in [2.45, 2.75) is 217 Å². The summed E-state index contributed by atoms with van der Waals surface area (Å²) in [5.74, 6) is -1.12. The summed E-state index contributed by atoms with van der Waals surface area (Å²) in [6, 6.07) is 0. The fourth-order valence-corrected chi connectivity index (χ4v) is 15.8. The van der Waals surface area contributed by atoms with Gasteiger partial charge in [0, 0.05) is 11.8 Å². The van der Waals surface area contributed by atoms with Crippen LogP contribution in [-0.2, 0) is 47.5 Å². The molecular weight excluding hydrogens is 893 g/mol. The SMILES string of the molecule is COC(=O)C1OC(OC2CCC3(C)C(CCC4(C)C3CC=C3C5CC(C)(C)CC(O)C56CC(OC6=O)C34C)C2(C)C)C(OC2OC(CO)C(O)C(O)C2OC2OC(C)C(O)C(O)C2O)C(O)C1O. The number of carbonyl (C=O) groups is 2. The van der Waals surface area contributed by atoms with E-state index in [9.17, 15) is 55.5 Å². The highest BCUT2D eigenvalue weighted by atomic mass is 16.8. The quantitative estimate of drug-likeness (QED) is 0.0900. The molecule has 2 bridgehead atoms. The molecule has 19 nitrogen and oxygen atoms in total. The molecule has 5 aliphatic carbocycles. The lowest BCUT2D eigenvalue weighted by Crippen LogP contribution is -2.68. The van der Waals surface area contributed by atoms with Gasteiger partial charge in [0.15, 0.2) is 25.0 Å². The first-order valence-corrected chi connectivity index (χ1v) is 24.7. The van der Waals surface area contributed by atoms with Crippen LogP contribution in [0.25, 0.3) is 0 Å². The molecular formula is C49H76O19. The van der Waals surface area contributed by atoms with Crippen molar-refractivity contribution in [3.8, 4) is 0 Å². The predicted molar refractivity (Wildman–Crippen MR) is 233 cm³/mol. The average molecular weight is 969 g/mol. The van der Waals surface area contributed by atoms with Gasteiger partial charge in [-0.2, -0.15) is 0 Å². The summed E-state index contributed by atoms with van der Waals surface area (Å²) in [4.78, 5) is 27.1. The van der Waals surface area contributed by atoms with E-state index in [1.54, 1.807) is 0 Å². The highest BCUT2D eigenvalue weighted by molar-refractivity contribution is 5.83. The third kappa shape index (κ3) is 7.29. The molecule has 25 atom stereocenters. The van der Waals surface area contributed by atoms with Gasteiger partial charge in [0.05, 0.1) is 32.0 Å². The molecule has 4 aliphatic heterocycles. The largest absolute Gasteiger partial charge is 0.467 e. The van der Waals surface area contributed by atoms with Crippen LogP contribution in [0.4, 0.5) is 0 Å². The number of aliphatic hydroxyl groups excluding tert-OH is 9. The topological polar surface area (TPSA) is 290 Å². The Labute approximate surface area is 397 Å². The summed E-state index contributed by atoms with van der Waals surface area (Å²) in [5.41, 5.74) is -1.36. The van der Waals surface area contributed by atoms with E-state index in [1.165, 1.54) is 12.5 Å². The van der Waals surface area contributed by atoms with Gasteiger partial charge < -0.3 is 83.9 Å². The van der Waals surface area contributed by atoms with Gasteiger partial charge in [-0.15, -0.1) is 0 Å².